The molecule has 3 N–H and O–H groups in total. The van der Waals surface area contributed by atoms with Crippen LogP contribution in [0.4, 0.5) is 0 Å². The smallest absolute Gasteiger partial charge is 0.245 e. The van der Waals surface area contributed by atoms with E-state index in [0.29, 0.717) is 25.4 Å². The molecule has 2 rings (SSSR count). The molecule has 94 valence electrons. The van der Waals surface area contributed by atoms with Crippen LogP contribution in [-0.4, -0.2) is 51.6 Å². The van der Waals surface area contributed by atoms with E-state index in [-0.39, 0.29) is 18.6 Å². The number of aliphatic hydroxyl groups excluding tert-OH is 1. The average Bonchev–Trinajstić information content (AvgIpc) is 2.95. The third kappa shape index (κ3) is 3.91. The predicted molar refractivity (Wildman–Crippen MR) is 60.8 cm³/mol. The summed E-state index contributed by atoms with van der Waals surface area (Å²) in [5.41, 5.74) is 0. The first-order valence-electron chi connectivity index (χ1n) is 5.32. The maximum Gasteiger partial charge on any atom is 0.245 e. The summed E-state index contributed by atoms with van der Waals surface area (Å²) in [6.07, 6.45) is 1.33. The second kappa shape index (κ2) is 5.89. The minimum Gasteiger partial charge on any atom is -0.473 e. The Bertz CT molecular complexity index is 359. The first-order valence-corrected chi connectivity index (χ1v) is 6.05. The van der Waals surface area contributed by atoms with Gasteiger partial charge in [0.25, 0.3) is 0 Å². The monoisotopic (exact) mass is 258 g/mol. The molecular weight excluding hydrogens is 244 g/mol. The topological polar surface area (TPSA) is 96.4 Å². The van der Waals surface area contributed by atoms with Gasteiger partial charge in [0.15, 0.2) is 0 Å². The van der Waals surface area contributed by atoms with Gasteiger partial charge in [-0.05, 0) is 0 Å². The lowest BCUT2D eigenvalue weighted by Crippen LogP contribution is -2.39. The molecule has 8 heteroatoms. The Morgan fingerprint density at radius 1 is 1.76 bits per heavy atom. The molecule has 17 heavy (non-hydrogen) atoms. The van der Waals surface area contributed by atoms with Crippen molar-refractivity contribution in [1.29, 1.82) is 0 Å². The Morgan fingerprint density at radius 2 is 2.65 bits per heavy atom. The van der Waals surface area contributed by atoms with Gasteiger partial charge in [0.05, 0.1) is 11.7 Å². The highest BCUT2D eigenvalue weighted by Gasteiger charge is 2.21. The zero-order valence-electron chi connectivity index (χ0n) is 9.13. The van der Waals surface area contributed by atoms with Gasteiger partial charge in [-0.2, -0.15) is 4.37 Å². The van der Waals surface area contributed by atoms with Gasteiger partial charge in [-0.3, -0.25) is 4.79 Å². The number of aliphatic hydroxyl groups is 1. The van der Waals surface area contributed by atoms with E-state index in [4.69, 9.17) is 4.74 Å². The summed E-state index contributed by atoms with van der Waals surface area (Å²) >= 11 is 1.06. The van der Waals surface area contributed by atoms with Crippen molar-refractivity contribution in [1.82, 2.24) is 19.4 Å². The lowest BCUT2D eigenvalue weighted by Gasteiger charge is -2.14. The lowest BCUT2D eigenvalue weighted by molar-refractivity contribution is -0.119. The van der Waals surface area contributed by atoms with Crippen LogP contribution in [0.5, 0.6) is 5.88 Å². The predicted octanol–water partition coefficient (Wildman–Crippen LogP) is -1.24. The number of amides is 1. The van der Waals surface area contributed by atoms with Crippen LogP contribution in [0.1, 0.15) is 6.42 Å². The van der Waals surface area contributed by atoms with Crippen molar-refractivity contribution in [3.05, 3.63) is 6.20 Å². The Balaban J connectivity index is 1.60. The van der Waals surface area contributed by atoms with E-state index in [0.717, 1.165) is 11.7 Å². The zero-order chi connectivity index (χ0) is 12.1. The molecular formula is C9H14N4O3S. The van der Waals surface area contributed by atoms with Crippen molar-refractivity contribution < 1.29 is 14.6 Å². The Hall–Kier alpha value is -1.25. The molecule has 1 aliphatic rings. The molecule has 0 radical (unpaired) electrons. The van der Waals surface area contributed by atoms with Crippen LogP contribution in [0.3, 0.4) is 0 Å². The third-order valence-corrected chi connectivity index (χ3v) is 2.85. The Morgan fingerprint density at radius 3 is 3.29 bits per heavy atom. The molecule has 1 aromatic heterocycles. The molecule has 0 aliphatic carbocycles. The summed E-state index contributed by atoms with van der Waals surface area (Å²) in [4.78, 5) is 10.9. The number of aromatic nitrogens is 2. The fourth-order valence-corrected chi connectivity index (χ4v) is 1.88. The van der Waals surface area contributed by atoms with Crippen molar-refractivity contribution in [3.63, 3.8) is 0 Å². The van der Waals surface area contributed by atoms with Crippen molar-refractivity contribution in [2.24, 2.45) is 0 Å². The maximum absolute atomic E-state index is 10.9. The second-order valence-electron chi connectivity index (χ2n) is 3.82. The summed E-state index contributed by atoms with van der Waals surface area (Å²) in [5.74, 6) is 0.466. The number of carbonyl (C=O) groups excluding carboxylic acids is 1. The van der Waals surface area contributed by atoms with Crippen molar-refractivity contribution in [3.8, 4) is 5.88 Å². The van der Waals surface area contributed by atoms with E-state index in [1.54, 1.807) is 0 Å². The summed E-state index contributed by atoms with van der Waals surface area (Å²) in [7, 11) is 0. The number of hydrogen-bond donors (Lipinski definition) is 3. The fourth-order valence-electron chi connectivity index (χ4n) is 1.51. The molecule has 2 heterocycles. The van der Waals surface area contributed by atoms with Crippen LogP contribution in [-0.2, 0) is 4.79 Å². The van der Waals surface area contributed by atoms with Gasteiger partial charge in [0.1, 0.15) is 18.9 Å². The number of rotatable bonds is 6. The molecule has 0 spiro atoms. The molecule has 1 aromatic rings. The highest BCUT2D eigenvalue weighted by atomic mass is 32.1. The van der Waals surface area contributed by atoms with Crippen molar-refractivity contribution in [2.75, 3.05) is 19.7 Å². The normalized spacial score (nSPS) is 21.2. The van der Waals surface area contributed by atoms with E-state index in [1.807, 2.05) is 0 Å². The average molecular weight is 258 g/mol. The quantitative estimate of drug-likeness (QED) is 0.590. The first kappa shape index (κ1) is 12.2. The number of ether oxygens (including phenoxy) is 1. The minimum atomic E-state index is -0.632. The number of nitrogens with one attached hydrogen (secondary N) is 2. The van der Waals surface area contributed by atoms with Gasteiger partial charge >= 0.3 is 0 Å². The minimum absolute atomic E-state index is 0.0433. The SMILES string of the molecule is O=C1CC(NCC(O)COc2cnsn2)CN1. The fraction of sp³-hybridized carbons (Fsp3) is 0.667. The van der Waals surface area contributed by atoms with Gasteiger partial charge in [0, 0.05) is 25.6 Å². The molecule has 7 nitrogen and oxygen atoms in total. The van der Waals surface area contributed by atoms with Gasteiger partial charge in [-0.25, -0.2) is 0 Å². The number of carbonyl (C=O) groups is 1. The summed E-state index contributed by atoms with van der Waals surface area (Å²) in [6, 6.07) is 0.0955. The van der Waals surface area contributed by atoms with Crippen LogP contribution < -0.4 is 15.4 Å². The molecule has 1 saturated heterocycles. The number of hydrogen-bond acceptors (Lipinski definition) is 7. The molecule has 0 bridgehead atoms. The van der Waals surface area contributed by atoms with Gasteiger partial charge in [0.2, 0.25) is 11.8 Å². The van der Waals surface area contributed by atoms with E-state index in [1.165, 1.54) is 6.20 Å². The summed E-state index contributed by atoms with van der Waals surface area (Å²) < 4.78 is 12.8. The van der Waals surface area contributed by atoms with Gasteiger partial charge < -0.3 is 20.5 Å². The Labute approximate surface area is 103 Å². The Kier molecular flexibility index (Phi) is 4.24. The van der Waals surface area contributed by atoms with Crippen LogP contribution in [0, 0.1) is 0 Å². The van der Waals surface area contributed by atoms with Crippen LogP contribution in [0.15, 0.2) is 6.20 Å². The molecule has 1 aliphatic heterocycles. The van der Waals surface area contributed by atoms with E-state index in [9.17, 15) is 9.90 Å². The zero-order valence-corrected chi connectivity index (χ0v) is 9.94. The van der Waals surface area contributed by atoms with Crippen LogP contribution in [0.2, 0.25) is 0 Å². The number of nitrogens with zero attached hydrogens (tertiary/aromatic N) is 2. The third-order valence-electron chi connectivity index (χ3n) is 2.38. The van der Waals surface area contributed by atoms with Gasteiger partial charge in [-0.1, -0.05) is 0 Å². The summed E-state index contributed by atoms with van der Waals surface area (Å²) in [5, 5.41) is 15.4. The molecule has 1 amide bonds. The lowest BCUT2D eigenvalue weighted by atomic mass is 10.2. The van der Waals surface area contributed by atoms with Crippen molar-refractivity contribution >= 4 is 17.6 Å². The van der Waals surface area contributed by atoms with E-state index < -0.39 is 6.10 Å². The maximum atomic E-state index is 10.9. The largest absolute Gasteiger partial charge is 0.473 e. The van der Waals surface area contributed by atoms with Crippen LogP contribution >= 0.6 is 11.7 Å². The molecule has 2 unspecified atom stereocenters. The van der Waals surface area contributed by atoms with Crippen LogP contribution in [0.25, 0.3) is 0 Å². The van der Waals surface area contributed by atoms with Gasteiger partial charge in [-0.15, -0.1) is 4.37 Å². The highest BCUT2D eigenvalue weighted by Crippen LogP contribution is 2.05. The molecule has 2 atom stereocenters. The molecule has 1 fully saturated rings. The first-order chi connectivity index (χ1) is 8.24. The highest BCUT2D eigenvalue weighted by molar-refractivity contribution is 6.99. The van der Waals surface area contributed by atoms with Crippen molar-refractivity contribution in [2.45, 2.75) is 18.6 Å². The van der Waals surface area contributed by atoms with E-state index >= 15 is 0 Å². The molecule has 0 saturated carbocycles. The standard InChI is InChI=1S/C9H14N4O3S/c14-7(5-16-9-4-12-17-13-9)3-10-6-1-8(15)11-2-6/h4,6-7,10,14H,1-3,5H2,(H,11,15). The molecule has 0 aromatic carbocycles. The van der Waals surface area contributed by atoms with E-state index in [2.05, 4.69) is 19.4 Å². The summed E-state index contributed by atoms with van der Waals surface area (Å²) in [6.45, 7) is 1.16. The second-order valence-corrected chi connectivity index (χ2v) is 4.38.